The van der Waals surface area contributed by atoms with Gasteiger partial charge in [-0.05, 0) is 60.2 Å². The molecule has 0 bridgehead atoms. The maximum Gasteiger partial charge on any atom is 0.338 e. The topological polar surface area (TPSA) is 84.2 Å². The molecule has 4 aromatic rings. The van der Waals surface area contributed by atoms with Gasteiger partial charge in [-0.15, -0.1) is 0 Å². The molecular weight excluding hydrogens is 489 g/mol. The van der Waals surface area contributed by atoms with Gasteiger partial charge in [0.15, 0.2) is 0 Å². The number of carboxylic acid groups (broad SMARTS) is 1. The van der Waals surface area contributed by atoms with Crippen molar-refractivity contribution in [3.63, 3.8) is 0 Å². The van der Waals surface area contributed by atoms with Crippen molar-refractivity contribution in [3.05, 3.63) is 100 Å². The first-order valence-corrected chi connectivity index (χ1v) is 12.8. The number of hydrogen-bond acceptors (Lipinski definition) is 4. The van der Waals surface area contributed by atoms with Crippen LogP contribution in [0.1, 0.15) is 51.8 Å². The Kier molecular flexibility index (Phi) is 8.28. The van der Waals surface area contributed by atoms with Gasteiger partial charge in [-0.1, -0.05) is 49.4 Å². The number of rotatable bonds is 10. The third-order valence-electron chi connectivity index (χ3n) is 6.30. The van der Waals surface area contributed by atoms with Crippen LogP contribution in [0.15, 0.2) is 60.7 Å². The lowest BCUT2D eigenvalue weighted by atomic mass is 10.1. The second kappa shape index (κ2) is 11.6. The number of aryl methyl sites for hydroxylation is 2. The smallest absolute Gasteiger partial charge is 0.338 e. The second-order valence-corrected chi connectivity index (χ2v) is 9.81. The summed E-state index contributed by atoms with van der Waals surface area (Å²) in [5, 5.41) is 11.7. The van der Waals surface area contributed by atoms with Gasteiger partial charge in [0.2, 0.25) is 5.91 Å². The monoisotopic (exact) mass is 519 g/mol. The van der Waals surface area contributed by atoms with Crippen LogP contribution in [0.3, 0.4) is 0 Å². The molecule has 37 heavy (non-hydrogen) atoms. The fourth-order valence-electron chi connectivity index (χ4n) is 4.46. The summed E-state index contributed by atoms with van der Waals surface area (Å²) < 4.78 is 16.4. The molecule has 192 valence electrons. The summed E-state index contributed by atoms with van der Waals surface area (Å²) in [4.78, 5) is 28.7. The van der Waals surface area contributed by atoms with E-state index in [-0.39, 0.29) is 11.5 Å². The molecule has 0 fully saturated rings. The van der Waals surface area contributed by atoms with Crippen molar-refractivity contribution in [2.24, 2.45) is 0 Å². The average Bonchev–Trinajstić information content (AvgIpc) is 3.20. The Hall–Kier alpha value is -3.65. The van der Waals surface area contributed by atoms with Crippen LogP contribution in [-0.2, 0) is 30.7 Å². The number of aromatic carboxylic acids is 1. The van der Waals surface area contributed by atoms with Crippen LogP contribution in [0, 0.1) is 12.7 Å². The predicted molar refractivity (Wildman–Crippen MR) is 146 cm³/mol. The molecular formula is C29H30FN3O3S. The molecule has 1 atom stereocenters. The van der Waals surface area contributed by atoms with Crippen LogP contribution in [-0.4, -0.2) is 31.8 Å². The van der Waals surface area contributed by atoms with E-state index in [9.17, 15) is 14.0 Å². The maximum absolute atomic E-state index is 14.3. The Morgan fingerprint density at radius 2 is 1.84 bits per heavy atom. The maximum atomic E-state index is 14.3. The highest BCUT2D eigenvalue weighted by Gasteiger charge is 2.18. The zero-order chi connectivity index (χ0) is 26.5. The Balaban J connectivity index is 1.58. The summed E-state index contributed by atoms with van der Waals surface area (Å²) in [5.41, 5.74) is 5.01. The molecule has 0 aliphatic rings. The summed E-state index contributed by atoms with van der Waals surface area (Å²) in [6.45, 7) is 4.76. The minimum atomic E-state index is -1.29. The molecule has 0 aliphatic heterocycles. The normalized spacial score (nSPS) is 12.0. The molecule has 0 saturated heterocycles. The first-order valence-electron chi connectivity index (χ1n) is 12.3. The Labute approximate surface area is 221 Å². The molecule has 0 aliphatic carbocycles. The zero-order valence-corrected chi connectivity index (χ0v) is 21.8. The number of aromatic nitrogens is 2. The number of imidazole rings is 1. The van der Waals surface area contributed by atoms with Crippen molar-refractivity contribution in [1.29, 1.82) is 0 Å². The van der Waals surface area contributed by atoms with Crippen molar-refractivity contribution in [1.82, 2.24) is 14.9 Å². The van der Waals surface area contributed by atoms with Crippen molar-refractivity contribution >= 4 is 35.5 Å². The van der Waals surface area contributed by atoms with Crippen molar-refractivity contribution < 1.29 is 19.1 Å². The van der Waals surface area contributed by atoms with Crippen molar-refractivity contribution in [2.45, 2.75) is 51.4 Å². The van der Waals surface area contributed by atoms with Gasteiger partial charge in [0, 0.05) is 19.5 Å². The number of halogens is 1. The Bertz CT molecular complexity index is 1440. The highest BCUT2D eigenvalue weighted by atomic mass is 32.1. The number of thiol groups is 1. The quantitative estimate of drug-likeness (QED) is 0.247. The lowest BCUT2D eigenvalue weighted by molar-refractivity contribution is -0.120. The summed E-state index contributed by atoms with van der Waals surface area (Å²) in [7, 11) is 0. The van der Waals surface area contributed by atoms with Gasteiger partial charge >= 0.3 is 5.97 Å². The van der Waals surface area contributed by atoms with Crippen LogP contribution in [0.4, 0.5) is 4.39 Å². The van der Waals surface area contributed by atoms with Crippen LogP contribution in [0.2, 0.25) is 0 Å². The van der Waals surface area contributed by atoms with Gasteiger partial charge < -0.3 is 15.0 Å². The third-order valence-corrected chi connectivity index (χ3v) is 6.72. The highest BCUT2D eigenvalue weighted by Crippen LogP contribution is 2.25. The lowest BCUT2D eigenvalue weighted by Gasteiger charge is -2.13. The number of carbonyl (C=O) groups is 2. The van der Waals surface area contributed by atoms with Gasteiger partial charge in [-0.3, -0.25) is 4.79 Å². The number of nitrogens with zero attached hydrogens (tertiary/aromatic N) is 2. The number of fused-ring (bicyclic) bond motifs is 1. The van der Waals surface area contributed by atoms with Gasteiger partial charge in [-0.2, -0.15) is 12.6 Å². The SMILES string of the molecule is CCCc1nc2c(C)cc(CNC(=O)C(S)Cc3ccccc3)cc2n1Cc1ccc(C(=O)O)c(F)c1. The van der Waals surface area contributed by atoms with E-state index in [1.54, 1.807) is 6.07 Å². The van der Waals surface area contributed by atoms with Crippen LogP contribution < -0.4 is 5.32 Å². The first kappa shape index (κ1) is 26.4. The number of hydrogen-bond donors (Lipinski definition) is 3. The minimum absolute atomic E-state index is 0.140. The fraction of sp³-hybridized carbons (Fsp3) is 0.276. The molecule has 3 aromatic carbocycles. The molecule has 0 saturated carbocycles. The molecule has 0 spiro atoms. The molecule has 0 radical (unpaired) electrons. The van der Waals surface area contributed by atoms with Gasteiger partial charge in [0.25, 0.3) is 0 Å². The van der Waals surface area contributed by atoms with Crippen molar-refractivity contribution in [2.75, 3.05) is 0 Å². The number of carbonyl (C=O) groups excluding carboxylic acids is 1. The van der Waals surface area contributed by atoms with Crippen LogP contribution >= 0.6 is 12.6 Å². The van der Waals surface area contributed by atoms with E-state index >= 15 is 0 Å². The molecule has 1 unspecified atom stereocenters. The minimum Gasteiger partial charge on any atom is -0.478 e. The van der Waals surface area contributed by atoms with Gasteiger partial charge in [0.05, 0.1) is 21.8 Å². The van der Waals surface area contributed by atoms with Crippen molar-refractivity contribution in [3.8, 4) is 0 Å². The van der Waals surface area contributed by atoms with E-state index < -0.39 is 17.0 Å². The summed E-state index contributed by atoms with van der Waals surface area (Å²) in [6.07, 6.45) is 2.18. The predicted octanol–water partition coefficient (Wildman–Crippen LogP) is 5.34. The number of nitrogens with one attached hydrogen (secondary N) is 1. The second-order valence-electron chi connectivity index (χ2n) is 9.19. The van der Waals surface area contributed by atoms with E-state index in [0.717, 1.165) is 46.4 Å². The van der Waals surface area contributed by atoms with E-state index in [1.807, 2.05) is 54.0 Å². The van der Waals surface area contributed by atoms with Crippen LogP contribution in [0.5, 0.6) is 0 Å². The van der Waals surface area contributed by atoms with Crippen LogP contribution in [0.25, 0.3) is 11.0 Å². The summed E-state index contributed by atoms with van der Waals surface area (Å²) in [6, 6.07) is 18.0. The highest BCUT2D eigenvalue weighted by molar-refractivity contribution is 7.81. The molecule has 1 amide bonds. The van der Waals surface area contributed by atoms with Gasteiger partial charge in [-0.25, -0.2) is 14.2 Å². The number of benzene rings is 3. The lowest BCUT2D eigenvalue weighted by Crippen LogP contribution is -2.32. The van der Waals surface area contributed by atoms with E-state index in [1.165, 1.54) is 12.1 Å². The van der Waals surface area contributed by atoms with Gasteiger partial charge in [0.1, 0.15) is 11.6 Å². The average molecular weight is 520 g/mol. The fourth-order valence-corrected chi connectivity index (χ4v) is 4.76. The molecule has 8 heteroatoms. The Morgan fingerprint density at radius 3 is 2.51 bits per heavy atom. The summed E-state index contributed by atoms with van der Waals surface area (Å²) in [5.74, 6) is -1.32. The molecule has 4 rings (SSSR count). The van der Waals surface area contributed by atoms with E-state index in [4.69, 9.17) is 10.1 Å². The molecule has 2 N–H and O–H groups in total. The summed E-state index contributed by atoms with van der Waals surface area (Å²) >= 11 is 4.50. The Morgan fingerprint density at radius 1 is 1.08 bits per heavy atom. The molecule has 1 aromatic heterocycles. The molecule has 1 heterocycles. The first-order chi connectivity index (χ1) is 17.8. The largest absolute Gasteiger partial charge is 0.478 e. The number of amides is 1. The third kappa shape index (κ3) is 6.20. The standard InChI is InChI=1S/C29H30FN3O3S/c1-3-7-26-32-27-18(2)12-21(16-31-28(34)25(37)15-19-8-5-4-6-9-19)14-24(27)33(26)17-20-10-11-22(29(35)36)23(30)13-20/h4-6,8-14,25,37H,3,7,15-17H2,1-2H3,(H,31,34)(H,35,36). The number of carboxylic acids is 1. The molecule has 6 nitrogen and oxygen atoms in total. The van der Waals surface area contributed by atoms with E-state index in [0.29, 0.717) is 25.1 Å². The van der Waals surface area contributed by atoms with E-state index in [2.05, 4.69) is 24.9 Å². The zero-order valence-electron chi connectivity index (χ0n) is 20.9.